The Balaban J connectivity index is 1.71. The molecule has 0 saturated carbocycles. The van der Waals surface area contributed by atoms with Crippen molar-refractivity contribution in [2.75, 3.05) is 26.0 Å². The second-order valence-corrected chi connectivity index (χ2v) is 6.45. The molecule has 0 radical (unpaired) electrons. The third kappa shape index (κ3) is 4.48. The smallest absolute Gasteiger partial charge is 0.313 e. The summed E-state index contributed by atoms with van der Waals surface area (Å²) in [6.45, 7) is 0.323. The van der Waals surface area contributed by atoms with E-state index in [-0.39, 0.29) is 6.04 Å². The molecule has 2 amide bonds. The summed E-state index contributed by atoms with van der Waals surface area (Å²) in [5.74, 6) is -1.37. The van der Waals surface area contributed by atoms with E-state index in [4.69, 9.17) is 0 Å². The normalized spacial score (nSPS) is 12.0. The number of rotatable bonds is 5. The molecule has 0 saturated heterocycles. The molecule has 3 aromatic rings. The highest BCUT2D eigenvalue weighted by Crippen LogP contribution is 2.26. The van der Waals surface area contributed by atoms with Crippen molar-refractivity contribution in [1.29, 1.82) is 0 Å². The molecule has 0 fully saturated rings. The first kappa shape index (κ1) is 18.5. The molecule has 2 aromatic carbocycles. The number of hydrogen-bond donors (Lipinski definition) is 2. The average molecular weight is 362 g/mol. The molecule has 2 N–H and O–H groups in total. The highest BCUT2D eigenvalue weighted by atomic mass is 16.2. The van der Waals surface area contributed by atoms with Gasteiger partial charge in [-0.25, -0.2) is 0 Å². The van der Waals surface area contributed by atoms with Crippen LogP contribution in [0.5, 0.6) is 0 Å². The lowest BCUT2D eigenvalue weighted by atomic mass is 9.98. The average Bonchev–Trinajstić information content (AvgIpc) is 2.68. The standard InChI is InChI=1S/C21H22N4O2/c1-25(2)19(18-9-5-7-15-6-3-4-8-17(15)18)14-23-20(26)21(27)24-16-10-12-22-13-11-16/h3-13,19H,14H2,1-2H3,(H,23,26)(H,22,24,27)/t19-/m0/s1. The summed E-state index contributed by atoms with van der Waals surface area (Å²) in [6, 6.07) is 17.4. The van der Waals surface area contributed by atoms with Crippen molar-refractivity contribution >= 4 is 28.3 Å². The summed E-state index contributed by atoms with van der Waals surface area (Å²) in [6.07, 6.45) is 3.10. The molecule has 3 rings (SSSR count). The molecule has 0 spiro atoms. The summed E-state index contributed by atoms with van der Waals surface area (Å²) in [4.78, 5) is 30.2. The van der Waals surface area contributed by atoms with Crippen molar-refractivity contribution in [2.24, 2.45) is 0 Å². The largest absolute Gasteiger partial charge is 0.346 e. The third-order valence-corrected chi connectivity index (χ3v) is 4.41. The number of pyridine rings is 1. The fourth-order valence-corrected chi connectivity index (χ4v) is 3.00. The van der Waals surface area contributed by atoms with Crippen molar-refractivity contribution in [2.45, 2.75) is 6.04 Å². The maximum atomic E-state index is 12.2. The quantitative estimate of drug-likeness (QED) is 0.684. The molecule has 27 heavy (non-hydrogen) atoms. The monoisotopic (exact) mass is 362 g/mol. The van der Waals surface area contributed by atoms with Crippen LogP contribution in [-0.4, -0.2) is 42.3 Å². The number of fused-ring (bicyclic) bond motifs is 1. The van der Waals surface area contributed by atoms with Crippen LogP contribution >= 0.6 is 0 Å². The van der Waals surface area contributed by atoms with Crippen LogP contribution in [-0.2, 0) is 9.59 Å². The zero-order valence-corrected chi connectivity index (χ0v) is 15.3. The second kappa shape index (κ2) is 8.42. The molecule has 0 aliphatic heterocycles. The van der Waals surface area contributed by atoms with Crippen molar-refractivity contribution < 1.29 is 9.59 Å². The minimum absolute atomic E-state index is 0.0613. The van der Waals surface area contributed by atoms with Gasteiger partial charge in [-0.2, -0.15) is 0 Å². The molecule has 0 aliphatic rings. The zero-order chi connectivity index (χ0) is 19.2. The number of carbonyl (C=O) groups is 2. The maximum Gasteiger partial charge on any atom is 0.313 e. The minimum atomic E-state index is -0.698. The molecular weight excluding hydrogens is 340 g/mol. The molecular formula is C21H22N4O2. The van der Waals surface area contributed by atoms with Gasteiger partial charge in [-0.05, 0) is 42.6 Å². The van der Waals surface area contributed by atoms with Crippen molar-refractivity contribution in [1.82, 2.24) is 15.2 Å². The number of carbonyl (C=O) groups excluding carboxylic acids is 2. The fourth-order valence-electron chi connectivity index (χ4n) is 3.00. The summed E-state index contributed by atoms with van der Waals surface area (Å²) in [5.41, 5.74) is 1.64. The SMILES string of the molecule is CN(C)[C@@H](CNC(=O)C(=O)Nc1ccncc1)c1cccc2ccccc12. The Morgan fingerprint density at radius 3 is 2.41 bits per heavy atom. The van der Waals surface area contributed by atoms with E-state index in [1.807, 2.05) is 37.2 Å². The van der Waals surface area contributed by atoms with E-state index in [9.17, 15) is 9.59 Å². The van der Waals surface area contributed by atoms with Crippen LogP contribution in [0.1, 0.15) is 11.6 Å². The number of hydrogen-bond acceptors (Lipinski definition) is 4. The van der Waals surface area contributed by atoms with E-state index in [1.54, 1.807) is 24.5 Å². The summed E-state index contributed by atoms with van der Waals surface area (Å²) in [7, 11) is 3.91. The van der Waals surface area contributed by atoms with Crippen LogP contribution in [0.3, 0.4) is 0 Å². The first-order valence-corrected chi connectivity index (χ1v) is 8.69. The Labute approximate surface area is 158 Å². The Morgan fingerprint density at radius 2 is 1.67 bits per heavy atom. The van der Waals surface area contributed by atoms with Gasteiger partial charge < -0.3 is 15.5 Å². The molecule has 6 heteroatoms. The number of anilines is 1. The van der Waals surface area contributed by atoms with Crippen molar-refractivity contribution in [3.63, 3.8) is 0 Å². The molecule has 0 aliphatic carbocycles. The minimum Gasteiger partial charge on any atom is -0.346 e. The predicted molar refractivity (Wildman–Crippen MR) is 106 cm³/mol. The fraction of sp³-hybridized carbons (Fsp3) is 0.190. The van der Waals surface area contributed by atoms with Gasteiger partial charge in [-0.3, -0.25) is 14.6 Å². The van der Waals surface area contributed by atoms with E-state index >= 15 is 0 Å². The summed E-state index contributed by atoms with van der Waals surface area (Å²) >= 11 is 0. The number of benzene rings is 2. The van der Waals surface area contributed by atoms with E-state index < -0.39 is 11.8 Å². The van der Waals surface area contributed by atoms with Crippen LogP contribution in [0.25, 0.3) is 10.8 Å². The predicted octanol–water partition coefficient (Wildman–Crippen LogP) is 2.59. The number of amides is 2. The number of nitrogens with zero attached hydrogens (tertiary/aromatic N) is 2. The second-order valence-electron chi connectivity index (χ2n) is 6.45. The molecule has 0 unspecified atom stereocenters. The molecule has 0 bridgehead atoms. The van der Waals surface area contributed by atoms with Crippen LogP contribution in [0, 0.1) is 0 Å². The number of aromatic nitrogens is 1. The first-order valence-electron chi connectivity index (χ1n) is 8.69. The third-order valence-electron chi connectivity index (χ3n) is 4.41. The van der Waals surface area contributed by atoms with Crippen molar-refractivity contribution in [3.05, 3.63) is 72.6 Å². The van der Waals surface area contributed by atoms with Gasteiger partial charge in [0.2, 0.25) is 0 Å². The van der Waals surface area contributed by atoms with Gasteiger partial charge in [0.25, 0.3) is 0 Å². The van der Waals surface area contributed by atoms with Gasteiger partial charge in [0.1, 0.15) is 0 Å². The first-order chi connectivity index (χ1) is 13.1. The van der Waals surface area contributed by atoms with Gasteiger partial charge in [-0.15, -0.1) is 0 Å². The molecule has 6 nitrogen and oxygen atoms in total. The van der Waals surface area contributed by atoms with Gasteiger partial charge >= 0.3 is 11.8 Å². The molecule has 1 aromatic heterocycles. The Morgan fingerprint density at radius 1 is 0.963 bits per heavy atom. The topological polar surface area (TPSA) is 74.3 Å². The van der Waals surface area contributed by atoms with Crippen LogP contribution < -0.4 is 10.6 Å². The van der Waals surface area contributed by atoms with Crippen molar-refractivity contribution in [3.8, 4) is 0 Å². The van der Waals surface area contributed by atoms with E-state index in [0.29, 0.717) is 12.2 Å². The van der Waals surface area contributed by atoms with Gasteiger partial charge in [0.05, 0.1) is 6.04 Å². The molecule has 1 atom stereocenters. The summed E-state index contributed by atoms with van der Waals surface area (Å²) in [5, 5.41) is 7.57. The highest BCUT2D eigenvalue weighted by molar-refractivity contribution is 6.39. The Hall–Kier alpha value is -3.25. The lowest BCUT2D eigenvalue weighted by molar-refractivity contribution is -0.136. The van der Waals surface area contributed by atoms with Gasteiger partial charge in [0.15, 0.2) is 0 Å². The zero-order valence-electron chi connectivity index (χ0n) is 15.3. The lowest BCUT2D eigenvalue weighted by Gasteiger charge is -2.26. The van der Waals surface area contributed by atoms with E-state index in [0.717, 1.165) is 16.3 Å². The lowest BCUT2D eigenvalue weighted by Crippen LogP contribution is -2.40. The maximum absolute atomic E-state index is 12.2. The Kier molecular flexibility index (Phi) is 5.78. The number of nitrogens with one attached hydrogen (secondary N) is 2. The Bertz CT molecular complexity index is 936. The molecule has 1 heterocycles. The highest BCUT2D eigenvalue weighted by Gasteiger charge is 2.20. The van der Waals surface area contributed by atoms with Gasteiger partial charge in [-0.1, -0.05) is 42.5 Å². The number of likely N-dealkylation sites (N-methyl/N-ethyl adjacent to an activating group) is 1. The van der Waals surface area contributed by atoms with Crippen LogP contribution in [0.2, 0.25) is 0 Å². The van der Waals surface area contributed by atoms with Gasteiger partial charge in [0, 0.05) is 24.6 Å². The van der Waals surface area contributed by atoms with Crippen LogP contribution in [0.4, 0.5) is 5.69 Å². The van der Waals surface area contributed by atoms with E-state index in [2.05, 4.69) is 39.9 Å². The molecule has 138 valence electrons. The summed E-state index contributed by atoms with van der Waals surface area (Å²) < 4.78 is 0. The van der Waals surface area contributed by atoms with Crippen LogP contribution in [0.15, 0.2) is 67.0 Å². The van der Waals surface area contributed by atoms with E-state index in [1.165, 1.54) is 0 Å².